The molecule has 1 aromatic carbocycles. The summed E-state index contributed by atoms with van der Waals surface area (Å²) < 4.78 is 7.98. The molecule has 0 amide bonds. The van der Waals surface area contributed by atoms with Crippen molar-refractivity contribution in [1.82, 2.24) is 15.1 Å². The highest BCUT2D eigenvalue weighted by atomic mass is 16.3. The third kappa shape index (κ3) is 2.72. The summed E-state index contributed by atoms with van der Waals surface area (Å²) in [4.78, 5) is 0. The summed E-state index contributed by atoms with van der Waals surface area (Å²) in [6.07, 6.45) is 5.08. The van der Waals surface area contributed by atoms with Gasteiger partial charge in [-0.1, -0.05) is 18.6 Å². The van der Waals surface area contributed by atoms with Crippen molar-refractivity contribution in [3.8, 4) is 0 Å². The van der Waals surface area contributed by atoms with Crippen molar-refractivity contribution in [2.24, 2.45) is 0 Å². The van der Waals surface area contributed by atoms with Gasteiger partial charge in [0.1, 0.15) is 11.3 Å². The first-order chi connectivity index (χ1) is 10.2. The fraction of sp³-hybridized carbons (Fsp3) is 0.353. The van der Waals surface area contributed by atoms with E-state index >= 15 is 0 Å². The highest BCUT2D eigenvalue weighted by Gasteiger charge is 2.18. The molecule has 0 aliphatic carbocycles. The predicted molar refractivity (Wildman–Crippen MR) is 84.4 cm³/mol. The molecule has 110 valence electrons. The number of hydrogen-bond donors (Lipinski definition) is 1. The summed E-state index contributed by atoms with van der Waals surface area (Å²) in [6.45, 7) is 5.19. The van der Waals surface area contributed by atoms with Gasteiger partial charge in [-0.3, -0.25) is 4.68 Å². The van der Waals surface area contributed by atoms with E-state index in [1.54, 1.807) is 0 Å². The van der Waals surface area contributed by atoms with Gasteiger partial charge in [-0.15, -0.1) is 0 Å². The first-order valence-corrected chi connectivity index (χ1v) is 7.41. The van der Waals surface area contributed by atoms with Crippen LogP contribution in [-0.2, 0) is 6.54 Å². The van der Waals surface area contributed by atoms with E-state index in [1.165, 1.54) is 5.56 Å². The average Bonchev–Trinajstić information content (AvgIpc) is 3.07. The summed E-state index contributed by atoms with van der Waals surface area (Å²) in [7, 11) is 1.94. The molecule has 0 fully saturated rings. The lowest BCUT2D eigenvalue weighted by Gasteiger charge is -2.10. The smallest absolute Gasteiger partial charge is 0.134 e. The number of nitrogens with one attached hydrogen (secondary N) is 1. The standard InChI is InChI=1S/C17H21N3O/c1-4-7-20-11-14(10-19-20)17(18-3)16-9-13-8-12(2)5-6-15(13)21-16/h5-6,8-11,17-18H,4,7H2,1-3H3. The van der Waals surface area contributed by atoms with Crippen LogP contribution in [0.25, 0.3) is 11.0 Å². The maximum Gasteiger partial charge on any atom is 0.134 e. The van der Waals surface area contributed by atoms with Crippen molar-refractivity contribution in [2.45, 2.75) is 32.9 Å². The maximum atomic E-state index is 6.00. The van der Waals surface area contributed by atoms with Crippen LogP contribution in [0.1, 0.15) is 36.3 Å². The minimum absolute atomic E-state index is 0.0308. The van der Waals surface area contributed by atoms with Gasteiger partial charge in [0.05, 0.1) is 12.2 Å². The van der Waals surface area contributed by atoms with Crippen LogP contribution in [0.15, 0.2) is 41.1 Å². The van der Waals surface area contributed by atoms with Crippen LogP contribution in [0.3, 0.4) is 0 Å². The van der Waals surface area contributed by atoms with Crippen LogP contribution >= 0.6 is 0 Å². The molecule has 3 rings (SSSR count). The van der Waals surface area contributed by atoms with E-state index < -0.39 is 0 Å². The topological polar surface area (TPSA) is 43.0 Å². The second-order valence-electron chi connectivity index (χ2n) is 5.45. The van der Waals surface area contributed by atoms with Gasteiger partial charge in [0, 0.05) is 23.7 Å². The van der Waals surface area contributed by atoms with Crippen LogP contribution in [-0.4, -0.2) is 16.8 Å². The second kappa shape index (κ2) is 5.74. The molecule has 1 atom stereocenters. The number of benzene rings is 1. The van der Waals surface area contributed by atoms with Gasteiger partial charge in [0.25, 0.3) is 0 Å². The van der Waals surface area contributed by atoms with Crippen molar-refractivity contribution in [3.63, 3.8) is 0 Å². The maximum absolute atomic E-state index is 6.00. The molecule has 0 bridgehead atoms. The van der Waals surface area contributed by atoms with Gasteiger partial charge in [-0.05, 0) is 38.6 Å². The lowest BCUT2D eigenvalue weighted by atomic mass is 10.1. The van der Waals surface area contributed by atoms with E-state index in [9.17, 15) is 0 Å². The Kier molecular flexibility index (Phi) is 3.80. The Bertz CT molecular complexity index is 741. The van der Waals surface area contributed by atoms with Gasteiger partial charge in [-0.25, -0.2) is 0 Å². The van der Waals surface area contributed by atoms with E-state index in [-0.39, 0.29) is 6.04 Å². The van der Waals surface area contributed by atoms with Crippen molar-refractivity contribution >= 4 is 11.0 Å². The second-order valence-corrected chi connectivity index (χ2v) is 5.45. The molecule has 3 aromatic rings. The monoisotopic (exact) mass is 283 g/mol. The third-order valence-corrected chi connectivity index (χ3v) is 3.70. The molecule has 0 aliphatic rings. The minimum atomic E-state index is 0.0308. The minimum Gasteiger partial charge on any atom is -0.459 e. The first-order valence-electron chi connectivity index (χ1n) is 7.41. The fourth-order valence-corrected chi connectivity index (χ4v) is 2.68. The summed E-state index contributed by atoms with van der Waals surface area (Å²) >= 11 is 0. The normalized spacial score (nSPS) is 12.9. The number of aryl methyl sites for hydroxylation is 2. The zero-order valence-corrected chi connectivity index (χ0v) is 12.8. The van der Waals surface area contributed by atoms with Crippen molar-refractivity contribution < 1.29 is 4.42 Å². The van der Waals surface area contributed by atoms with E-state index in [2.05, 4.69) is 48.7 Å². The Labute approximate surface area is 124 Å². The zero-order valence-electron chi connectivity index (χ0n) is 12.8. The van der Waals surface area contributed by atoms with Gasteiger partial charge < -0.3 is 9.73 Å². The number of fused-ring (bicyclic) bond motifs is 1. The summed E-state index contributed by atoms with van der Waals surface area (Å²) in [5, 5.41) is 8.87. The van der Waals surface area contributed by atoms with Gasteiger partial charge in [-0.2, -0.15) is 5.10 Å². The molecule has 1 unspecified atom stereocenters. The number of aromatic nitrogens is 2. The van der Waals surface area contributed by atoms with Crippen LogP contribution in [0.4, 0.5) is 0 Å². The number of nitrogens with zero attached hydrogens (tertiary/aromatic N) is 2. The molecule has 0 saturated heterocycles. The average molecular weight is 283 g/mol. The van der Waals surface area contributed by atoms with Gasteiger partial charge in [0.15, 0.2) is 0 Å². The molecule has 0 radical (unpaired) electrons. The summed E-state index contributed by atoms with van der Waals surface area (Å²) in [5.41, 5.74) is 3.30. The Balaban J connectivity index is 1.96. The lowest BCUT2D eigenvalue weighted by Crippen LogP contribution is -2.16. The third-order valence-electron chi connectivity index (χ3n) is 3.70. The Hall–Kier alpha value is -2.07. The van der Waals surface area contributed by atoms with Gasteiger partial charge in [0.2, 0.25) is 0 Å². The number of hydrogen-bond acceptors (Lipinski definition) is 3. The van der Waals surface area contributed by atoms with E-state index in [0.717, 1.165) is 35.3 Å². The highest BCUT2D eigenvalue weighted by molar-refractivity contribution is 5.78. The molecule has 4 nitrogen and oxygen atoms in total. The Morgan fingerprint density at radius 1 is 1.33 bits per heavy atom. The molecule has 2 heterocycles. The quantitative estimate of drug-likeness (QED) is 0.777. The van der Waals surface area contributed by atoms with Crippen LogP contribution < -0.4 is 5.32 Å². The zero-order chi connectivity index (χ0) is 14.8. The molecule has 2 aromatic heterocycles. The molecule has 21 heavy (non-hydrogen) atoms. The molecule has 4 heteroatoms. The molecule has 0 aliphatic heterocycles. The molecule has 0 spiro atoms. The molecule has 0 saturated carbocycles. The summed E-state index contributed by atoms with van der Waals surface area (Å²) in [6, 6.07) is 8.39. The Morgan fingerprint density at radius 2 is 2.19 bits per heavy atom. The van der Waals surface area contributed by atoms with E-state index in [1.807, 2.05) is 24.0 Å². The van der Waals surface area contributed by atoms with Gasteiger partial charge >= 0.3 is 0 Å². The molecule has 1 N–H and O–H groups in total. The first kappa shape index (κ1) is 13.9. The number of furan rings is 1. The predicted octanol–water partition coefficient (Wildman–Crippen LogP) is 3.66. The van der Waals surface area contributed by atoms with Crippen molar-refractivity contribution in [3.05, 3.63) is 53.5 Å². The van der Waals surface area contributed by atoms with Crippen molar-refractivity contribution in [2.75, 3.05) is 7.05 Å². The largest absolute Gasteiger partial charge is 0.459 e. The summed E-state index contributed by atoms with van der Waals surface area (Å²) in [5.74, 6) is 0.925. The van der Waals surface area contributed by atoms with Crippen LogP contribution in [0.2, 0.25) is 0 Å². The molecular weight excluding hydrogens is 262 g/mol. The molecular formula is C17H21N3O. The SMILES string of the molecule is CCCn1cc(C(NC)c2cc3cc(C)ccc3o2)cn1. The van der Waals surface area contributed by atoms with Crippen LogP contribution in [0.5, 0.6) is 0 Å². The van der Waals surface area contributed by atoms with Crippen LogP contribution in [0, 0.1) is 6.92 Å². The Morgan fingerprint density at radius 3 is 2.95 bits per heavy atom. The lowest BCUT2D eigenvalue weighted by molar-refractivity contribution is 0.491. The fourth-order valence-electron chi connectivity index (χ4n) is 2.68. The van der Waals surface area contributed by atoms with E-state index in [4.69, 9.17) is 4.42 Å². The van der Waals surface area contributed by atoms with E-state index in [0.29, 0.717) is 0 Å². The highest BCUT2D eigenvalue weighted by Crippen LogP contribution is 2.28. The van der Waals surface area contributed by atoms with Crippen molar-refractivity contribution in [1.29, 1.82) is 0 Å². The number of rotatable bonds is 5.